The first-order valence-electron chi connectivity index (χ1n) is 26.3. The third-order valence-corrected chi connectivity index (χ3v) is 16.2. The number of carboxylic acids is 1. The van der Waals surface area contributed by atoms with Crippen molar-refractivity contribution in [2.45, 2.75) is 192 Å². The molecule has 0 unspecified atom stereocenters. The van der Waals surface area contributed by atoms with Gasteiger partial charge in [0.2, 0.25) is 5.43 Å². The van der Waals surface area contributed by atoms with E-state index in [2.05, 4.69) is 10.7 Å². The molecule has 3 saturated heterocycles. The standard InChI is InChI=1S/C54H88N4O16/c1-16-40-54(10,66)46(62)31(4)42(59)29(2)26-52(8,67-14)47(74-51-44(61)39(57(12)13)24-30(3)70-51)32(5)45(33(6)50(65)72-40)73-41-27-53(9,68-15)48(34(7)71-41)69-23-22-56-21-17-18-35-19-20-38-36(25-35)43(60)37(49(63)64)28-58(38)55-11/h19-20,25,28-34,39-41,44-48,51,55-56,61-62,66H,16-18,21-24,26-27H2,1-15H3,(H,63,64)/t29-,30-,31-,32+,33-,34+,39+,40-,41+,44-,45+,46-,47-,48+,51+,52-,53-,54-/m1/s1. The number of ether oxygens (including phenoxy) is 8. The molecule has 74 heavy (non-hydrogen) atoms. The fourth-order valence-corrected chi connectivity index (χ4v) is 11.6. The number of carbonyl (C=O) groups is 3. The van der Waals surface area contributed by atoms with E-state index in [-0.39, 0.29) is 42.8 Å². The predicted octanol–water partition coefficient (Wildman–Crippen LogP) is 3.87. The van der Waals surface area contributed by atoms with Gasteiger partial charge < -0.3 is 74.0 Å². The maximum Gasteiger partial charge on any atom is 0.341 e. The number of carboxylic acid groups (broad SMARTS) is 1. The molecule has 1 aromatic carbocycles. The maximum absolute atomic E-state index is 14.6. The Morgan fingerprint density at radius 2 is 1.58 bits per heavy atom. The number of benzene rings is 1. The van der Waals surface area contributed by atoms with E-state index < -0.39 is 113 Å². The molecule has 0 aliphatic carbocycles. The molecule has 420 valence electrons. The van der Waals surface area contributed by atoms with Gasteiger partial charge in [0.1, 0.15) is 35.3 Å². The number of hydrogen-bond donors (Lipinski definition) is 6. The number of aromatic carboxylic acids is 1. The number of methoxy groups -OCH3 is 2. The lowest BCUT2D eigenvalue weighted by molar-refractivity contribution is -0.322. The molecule has 18 atom stereocenters. The van der Waals surface area contributed by atoms with Crippen LogP contribution < -0.4 is 16.2 Å². The number of fused-ring (bicyclic) bond motifs is 1. The molecule has 6 N–H and O–H groups in total. The molecule has 3 aliphatic heterocycles. The fraction of sp³-hybridized carbons (Fsp3) is 0.778. The highest BCUT2D eigenvalue weighted by Crippen LogP contribution is 2.42. The summed E-state index contributed by atoms with van der Waals surface area (Å²) >= 11 is 0. The SMILES string of the molecule is CC[C@H]1OC(=O)[C@H](C)[C@@H](O[C@H]2C[C@@](C)(OC)[C@@H](OCCNCCCc3ccc4c(c3)c(=O)c(C(=O)O)cn4NC)[C@H](C)O2)[C@H](C)[C@@H](O[C@@H]2O[C@H](C)C[C@H](N(C)C)[C@H]2O)[C@](C)(OC)C[C@@H](C)C(=O)[C@@H](C)[C@@H](O)[C@]1(C)O. The Bertz CT molecular complexity index is 2260. The summed E-state index contributed by atoms with van der Waals surface area (Å²) in [5.74, 6) is -5.92. The third kappa shape index (κ3) is 13.5. The lowest BCUT2D eigenvalue weighted by Gasteiger charge is -2.50. The van der Waals surface area contributed by atoms with Gasteiger partial charge in [-0.2, -0.15) is 0 Å². The molecule has 20 nitrogen and oxygen atoms in total. The van der Waals surface area contributed by atoms with Crippen molar-refractivity contribution in [2.24, 2.45) is 23.7 Å². The van der Waals surface area contributed by atoms with Crippen LogP contribution in [-0.2, 0) is 53.9 Å². The quantitative estimate of drug-likeness (QED) is 0.0915. The number of carbonyl (C=O) groups excluding carboxylic acids is 2. The first kappa shape index (κ1) is 61.2. The monoisotopic (exact) mass is 1050 g/mol. The van der Waals surface area contributed by atoms with Gasteiger partial charge in [0.25, 0.3) is 0 Å². The average molecular weight is 1050 g/mol. The highest BCUT2D eigenvalue weighted by Gasteiger charge is 2.54. The van der Waals surface area contributed by atoms with Gasteiger partial charge in [0.15, 0.2) is 12.6 Å². The number of cyclic esters (lactones) is 1. The van der Waals surface area contributed by atoms with E-state index in [4.69, 9.17) is 37.9 Å². The Labute approximate surface area is 437 Å². The summed E-state index contributed by atoms with van der Waals surface area (Å²) in [5, 5.41) is 48.6. The Morgan fingerprint density at radius 1 is 0.919 bits per heavy atom. The van der Waals surface area contributed by atoms with E-state index in [0.29, 0.717) is 43.4 Å². The summed E-state index contributed by atoms with van der Waals surface area (Å²) in [5.41, 5.74) is -0.694. The zero-order valence-electron chi connectivity index (χ0n) is 46.4. The van der Waals surface area contributed by atoms with Crippen LogP contribution in [0.4, 0.5) is 0 Å². The molecule has 4 heterocycles. The van der Waals surface area contributed by atoms with Gasteiger partial charge in [-0.1, -0.05) is 33.8 Å². The molecule has 3 aliphatic rings. The summed E-state index contributed by atoms with van der Waals surface area (Å²) in [6.07, 6.45) is -5.81. The van der Waals surface area contributed by atoms with Gasteiger partial charge in [-0.05, 0) is 112 Å². The van der Waals surface area contributed by atoms with Gasteiger partial charge in [-0.15, -0.1) is 0 Å². The molecule has 0 spiro atoms. The van der Waals surface area contributed by atoms with Crippen molar-refractivity contribution < 1.29 is 72.7 Å². The second-order valence-electron chi connectivity index (χ2n) is 22.0. The van der Waals surface area contributed by atoms with E-state index in [9.17, 15) is 39.6 Å². The molecule has 1 aromatic heterocycles. The van der Waals surface area contributed by atoms with Crippen LogP contribution >= 0.6 is 0 Å². The topological polar surface area (TPSA) is 255 Å². The summed E-state index contributed by atoms with van der Waals surface area (Å²) < 4.78 is 53.5. The summed E-state index contributed by atoms with van der Waals surface area (Å²) in [6.45, 7) is 18.9. The molecule has 0 bridgehead atoms. The minimum atomic E-state index is -2.00. The summed E-state index contributed by atoms with van der Waals surface area (Å²) in [4.78, 5) is 55.4. The number of aliphatic hydroxyl groups is 3. The summed E-state index contributed by atoms with van der Waals surface area (Å²) in [7, 11) is 8.51. The van der Waals surface area contributed by atoms with E-state index >= 15 is 0 Å². The smallest absolute Gasteiger partial charge is 0.341 e. The van der Waals surface area contributed by atoms with Crippen LogP contribution in [0.15, 0.2) is 29.2 Å². The highest BCUT2D eigenvalue weighted by molar-refractivity contribution is 5.92. The van der Waals surface area contributed by atoms with Crippen molar-refractivity contribution in [3.05, 3.63) is 45.7 Å². The predicted molar refractivity (Wildman–Crippen MR) is 276 cm³/mol. The van der Waals surface area contributed by atoms with E-state index in [1.165, 1.54) is 24.9 Å². The van der Waals surface area contributed by atoms with Crippen LogP contribution in [0.1, 0.15) is 117 Å². The number of nitrogens with zero attached hydrogens (tertiary/aromatic N) is 2. The normalized spacial score (nSPS) is 37.9. The number of hydrogen-bond acceptors (Lipinski definition) is 18. The number of aryl methyl sites for hydroxylation is 1. The Morgan fingerprint density at radius 3 is 2.19 bits per heavy atom. The number of pyridine rings is 1. The van der Waals surface area contributed by atoms with Crippen LogP contribution in [0.3, 0.4) is 0 Å². The zero-order valence-corrected chi connectivity index (χ0v) is 46.4. The number of aliphatic hydroxyl groups excluding tert-OH is 2. The van der Waals surface area contributed by atoms with Crippen molar-refractivity contribution >= 4 is 28.6 Å². The van der Waals surface area contributed by atoms with E-state index in [0.717, 1.165) is 12.0 Å². The number of esters is 1. The van der Waals surface area contributed by atoms with Crippen LogP contribution in [0.25, 0.3) is 10.9 Å². The summed E-state index contributed by atoms with van der Waals surface area (Å²) in [6, 6.07) is 5.16. The van der Waals surface area contributed by atoms with Gasteiger partial charge >= 0.3 is 11.9 Å². The number of rotatable bonds is 18. The molecule has 20 heteroatoms. The second-order valence-corrected chi connectivity index (χ2v) is 22.0. The highest BCUT2D eigenvalue weighted by atomic mass is 16.7. The Balaban J connectivity index is 1.36. The Kier molecular flexibility index (Phi) is 21.2. The minimum absolute atomic E-state index is 0.0865. The third-order valence-electron chi connectivity index (χ3n) is 16.2. The van der Waals surface area contributed by atoms with Crippen LogP contribution in [0.5, 0.6) is 0 Å². The van der Waals surface area contributed by atoms with Gasteiger partial charge in [0.05, 0.1) is 59.8 Å². The van der Waals surface area contributed by atoms with Gasteiger partial charge in [-0.25, -0.2) is 4.79 Å². The second kappa shape index (κ2) is 25.7. The molecule has 5 rings (SSSR count). The number of aromatic nitrogens is 1. The van der Waals surface area contributed by atoms with Crippen LogP contribution in [0, 0.1) is 23.7 Å². The van der Waals surface area contributed by atoms with Crippen LogP contribution in [-0.4, -0.2) is 187 Å². The largest absolute Gasteiger partial charge is 0.477 e. The number of ketones is 1. The molecule has 3 fully saturated rings. The molecule has 0 saturated carbocycles. The maximum atomic E-state index is 14.6. The van der Waals surface area contributed by atoms with Crippen molar-refractivity contribution in [3.63, 3.8) is 0 Å². The molecule has 2 aromatic rings. The number of Topliss-reactive ketones (excluding diaryl/α,β-unsaturated/α-hetero) is 1. The molecular weight excluding hydrogens is 961 g/mol. The van der Waals surface area contributed by atoms with Crippen molar-refractivity contribution in [2.75, 3.05) is 60.5 Å². The lowest BCUT2D eigenvalue weighted by Crippen LogP contribution is -2.61. The Hall–Kier alpha value is -3.64. The van der Waals surface area contributed by atoms with Crippen molar-refractivity contribution in [1.82, 2.24) is 14.9 Å². The first-order chi connectivity index (χ1) is 34.7. The lowest BCUT2D eigenvalue weighted by atomic mass is 9.74. The minimum Gasteiger partial charge on any atom is -0.477 e. The fourth-order valence-electron chi connectivity index (χ4n) is 11.6. The zero-order chi connectivity index (χ0) is 55.2. The average Bonchev–Trinajstić information content (AvgIpc) is 3.35. The van der Waals surface area contributed by atoms with E-state index in [1.807, 2.05) is 59.7 Å². The number of nitrogens with one attached hydrogen (secondary N) is 2. The first-order valence-corrected chi connectivity index (χ1v) is 26.3. The van der Waals surface area contributed by atoms with E-state index in [1.54, 1.807) is 54.0 Å². The molecule has 0 amide bonds. The van der Waals surface area contributed by atoms with Crippen molar-refractivity contribution in [1.29, 1.82) is 0 Å². The van der Waals surface area contributed by atoms with Gasteiger partial charge in [0, 0.05) is 69.6 Å². The number of likely N-dealkylation sites (N-methyl/N-ethyl adjacent to an activating group) is 1. The molecular formula is C54H88N4O16. The molecule has 0 radical (unpaired) electrons. The van der Waals surface area contributed by atoms with Crippen LogP contribution in [0.2, 0.25) is 0 Å². The van der Waals surface area contributed by atoms with Gasteiger partial charge in [-0.3, -0.25) is 19.1 Å². The van der Waals surface area contributed by atoms with Crippen molar-refractivity contribution in [3.8, 4) is 0 Å².